The summed E-state index contributed by atoms with van der Waals surface area (Å²) >= 11 is 0. The number of fused-ring (bicyclic) bond motifs is 1. The molecule has 32 heavy (non-hydrogen) atoms. The number of nitrogens with one attached hydrogen (secondary N) is 3. The summed E-state index contributed by atoms with van der Waals surface area (Å²) in [5.41, 5.74) is 10.8. The van der Waals surface area contributed by atoms with Crippen molar-refractivity contribution in [2.24, 2.45) is 11.7 Å². The van der Waals surface area contributed by atoms with Gasteiger partial charge in [0, 0.05) is 29.2 Å². The monoisotopic (exact) mass is 431 g/mol. The molecular formula is C25H29N5O2. The van der Waals surface area contributed by atoms with E-state index in [-0.39, 0.29) is 29.9 Å². The fraction of sp³-hybridized carbons (Fsp3) is 0.400. The fourth-order valence-corrected chi connectivity index (χ4v) is 4.48. The highest BCUT2D eigenvalue weighted by Gasteiger charge is 2.36. The lowest BCUT2D eigenvalue weighted by Gasteiger charge is -2.34. The van der Waals surface area contributed by atoms with Gasteiger partial charge >= 0.3 is 0 Å². The summed E-state index contributed by atoms with van der Waals surface area (Å²) < 4.78 is 0. The van der Waals surface area contributed by atoms with Gasteiger partial charge in [0.25, 0.3) is 11.8 Å². The molecule has 0 bridgehead atoms. The highest BCUT2D eigenvalue weighted by molar-refractivity contribution is 5.99. The SMILES string of the molecule is Cc1cc(C(=O)N[C@@H]2CC[C@@H]2N)cnc1C(NC(=O)c1cc2cccc(C)c2[nH]1)C1CC1. The molecule has 0 aliphatic heterocycles. The van der Waals surface area contributed by atoms with Gasteiger partial charge in [0.05, 0.1) is 17.3 Å². The van der Waals surface area contributed by atoms with Gasteiger partial charge in [-0.25, -0.2) is 0 Å². The number of nitrogens with zero attached hydrogens (tertiary/aromatic N) is 1. The number of nitrogens with two attached hydrogens (primary N) is 1. The van der Waals surface area contributed by atoms with E-state index in [1.54, 1.807) is 6.20 Å². The molecule has 3 atom stereocenters. The third kappa shape index (κ3) is 3.88. The molecule has 5 rings (SSSR count). The first-order valence-electron chi connectivity index (χ1n) is 11.3. The van der Waals surface area contributed by atoms with Crippen LogP contribution in [0.25, 0.3) is 10.9 Å². The zero-order valence-electron chi connectivity index (χ0n) is 18.4. The molecule has 0 radical (unpaired) electrons. The van der Waals surface area contributed by atoms with Crippen LogP contribution in [0.2, 0.25) is 0 Å². The van der Waals surface area contributed by atoms with Crippen LogP contribution < -0.4 is 16.4 Å². The number of carbonyl (C=O) groups excluding carboxylic acids is 2. The number of H-pyrrole nitrogens is 1. The lowest BCUT2D eigenvalue weighted by molar-refractivity contribution is 0.0901. The van der Waals surface area contributed by atoms with Gasteiger partial charge in [0.1, 0.15) is 5.69 Å². The smallest absolute Gasteiger partial charge is 0.268 e. The predicted molar refractivity (Wildman–Crippen MR) is 123 cm³/mol. The van der Waals surface area contributed by atoms with Gasteiger partial charge in [0.2, 0.25) is 0 Å². The molecule has 7 heteroatoms. The molecule has 2 heterocycles. The van der Waals surface area contributed by atoms with Gasteiger partial charge in [-0.2, -0.15) is 0 Å². The molecule has 3 aromatic rings. The maximum absolute atomic E-state index is 13.1. The molecule has 2 saturated carbocycles. The number of hydrogen-bond donors (Lipinski definition) is 4. The number of amides is 2. The topological polar surface area (TPSA) is 113 Å². The molecule has 166 valence electrons. The minimum atomic E-state index is -0.174. The number of aryl methyl sites for hydroxylation is 2. The van der Waals surface area contributed by atoms with Crippen molar-refractivity contribution in [2.75, 3.05) is 0 Å². The molecule has 2 aliphatic carbocycles. The van der Waals surface area contributed by atoms with Gasteiger partial charge in [-0.1, -0.05) is 18.2 Å². The van der Waals surface area contributed by atoms with Gasteiger partial charge < -0.3 is 21.4 Å². The second-order valence-electron chi connectivity index (χ2n) is 9.26. The Morgan fingerprint density at radius 3 is 2.53 bits per heavy atom. The summed E-state index contributed by atoms with van der Waals surface area (Å²) in [4.78, 5) is 33.5. The van der Waals surface area contributed by atoms with E-state index in [0.717, 1.165) is 53.4 Å². The first-order chi connectivity index (χ1) is 15.4. The number of pyridine rings is 1. The average molecular weight is 432 g/mol. The maximum Gasteiger partial charge on any atom is 0.268 e. The molecule has 2 amide bonds. The van der Waals surface area contributed by atoms with Gasteiger partial charge in [-0.15, -0.1) is 0 Å². The largest absolute Gasteiger partial charge is 0.350 e. The first kappa shape index (κ1) is 20.7. The highest BCUT2D eigenvalue weighted by Crippen LogP contribution is 2.41. The molecule has 0 spiro atoms. The Kier molecular flexibility index (Phi) is 5.21. The second-order valence-corrected chi connectivity index (χ2v) is 9.26. The number of hydrogen-bond acceptors (Lipinski definition) is 4. The number of benzene rings is 1. The second kappa shape index (κ2) is 8.06. The third-order valence-electron chi connectivity index (χ3n) is 6.81. The molecule has 1 unspecified atom stereocenters. The number of aromatic nitrogens is 2. The quantitative estimate of drug-likeness (QED) is 0.480. The number of aromatic amines is 1. The van der Waals surface area contributed by atoms with Gasteiger partial charge in [-0.3, -0.25) is 14.6 Å². The van der Waals surface area contributed by atoms with Crippen molar-refractivity contribution < 1.29 is 9.59 Å². The molecule has 5 N–H and O–H groups in total. The van der Waals surface area contributed by atoms with Gasteiger partial charge in [-0.05, 0) is 68.7 Å². The van der Waals surface area contributed by atoms with Crippen LogP contribution in [0.15, 0.2) is 36.5 Å². The van der Waals surface area contributed by atoms with E-state index in [4.69, 9.17) is 5.73 Å². The van der Waals surface area contributed by atoms with E-state index >= 15 is 0 Å². The van der Waals surface area contributed by atoms with Crippen molar-refractivity contribution in [3.63, 3.8) is 0 Å². The van der Waals surface area contributed by atoms with Gasteiger partial charge in [0.15, 0.2) is 0 Å². The zero-order chi connectivity index (χ0) is 22.4. The molecule has 2 aromatic heterocycles. The average Bonchev–Trinajstić information content (AvgIpc) is 3.52. The van der Waals surface area contributed by atoms with Crippen molar-refractivity contribution in [2.45, 2.75) is 57.7 Å². The third-order valence-corrected chi connectivity index (χ3v) is 6.81. The molecule has 2 aliphatic rings. The van der Waals surface area contributed by atoms with Crippen LogP contribution in [0.4, 0.5) is 0 Å². The van der Waals surface area contributed by atoms with Crippen molar-refractivity contribution in [3.8, 4) is 0 Å². The van der Waals surface area contributed by atoms with Crippen LogP contribution in [0.1, 0.15) is 69.4 Å². The Hall–Kier alpha value is -3.19. The summed E-state index contributed by atoms with van der Waals surface area (Å²) in [7, 11) is 0. The number of para-hydroxylation sites is 1. The summed E-state index contributed by atoms with van der Waals surface area (Å²) in [5.74, 6) is 0.0798. The fourth-order valence-electron chi connectivity index (χ4n) is 4.48. The van der Waals surface area contributed by atoms with E-state index in [1.807, 2.05) is 44.2 Å². The van der Waals surface area contributed by atoms with E-state index in [0.29, 0.717) is 17.2 Å². The van der Waals surface area contributed by atoms with E-state index in [9.17, 15) is 9.59 Å². The number of carbonyl (C=O) groups is 2. The van der Waals surface area contributed by atoms with E-state index < -0.39 is 0 Å². The Balaban J connectivity index is 1.35. The van der Waals surface area contributed by atoms with Crippen LogP contribution in [0, 0.1) is 19.8 Å². The summed E-state index contributed by atoms with van der Waals surface area (Å²) in [6.45, 7) is 3.97. The number of rotatable bonds is 6. The zero-order valence-corrected chi connectivity index (χ0v) is 18.4. The minimum Gasteiger partial charge on any atom is -0.350 e. The van der Waals surface area contributed by atoms with E-state index in [1.165, 1.54) is 0 Å². The summed E-state index contributed by atoms with van der Waals surface area (Å²) in [5, 5.41) is 7.20. The summed E-state index contributed by atoms with van der Waals surface area (Å²) in [6, 6.07) is 9.67. The van der Waals surface area contributed by atoms with Crippen LogP contribution >= 0.6 is 0 Å². The lowest BCUT2D eigenvalue weighted by Crippen LogP contribution is -2.54. The Morgan fingerprint density at radius 2 is 1.91 bits per heavy atom. The molecular weight excluding hydrogens is 402 g/mol. The van der Waals surface area contributed by atoms with Crippen LogP contribution in [-0.4, -0.2) is 33.9 Å². The van der Waals surface area contributed by atoms with E-state index in [2.05, 4.69) is 20.6 Å². The van der Waals surface area contributed by atoms with Crippen molar-refractivity contribution in [1.29, 1.82) is 0 Å². The first-order valence-corrected chi connectivity index (χ1v) is 11.3. The van der Waals surface area contributed by atoms with Crippen molar-refractivity contribution >= 4 is 22.7 Å². The standard InChI is InChI=1S/C25H29N5O2/c1-13-4-3-5-16-11-20(28-21(13)16)25(32)30-23(15-6-7-15)22-14(2)10-17(12-27-22)24(31)29-19-9-8-18(19)26/h3-5,10-12,15,18-19,23,28H,6-9,26H2,1-2H3,(H,29,31)(H,30,32)/t18-,19+,23?/m0/s1. The van der Waals surface area contributed by atoms with Crippen LogP contribution in [0.3, 0.4) is 0 Å². The lowest BCUT2D eigenvalue weighted by atomic mass is 9.87. The van der Waals surface area contributed by atoms with Crippen molar-refractivity contribution in [3.05, 3.63) is 64.6 Å². The molecule has 1 aromatic carbocycles. The molecule has 2 fully saturated rings. The van der Waals surface area contributed by atoms with Crippen LogP contribution in [-0.2, 0) is 0 Å². The summed E-state index contributed by atoms with van der Waals surface area (Å²) in [6.07, 6.45) is 5.58. The maximum atomic E-state index is 13.1. The Bertz CT molecular complexity index is 1200. The normalized spacial score (nSPS) is 21.1. The van der Waals surface area contributed by atoms with Crippen LogP contribution in [0.5, 0.6) is 0 Å². The Labute approximate surface area is 187 Å². The Morgan fingerprint density at radius 1 is 1.09 bits per heavy atom. The minimum absolute atomic E-state index is 0.0372. The predicted octanol–water partition coefficient (Wildman–Crippen LogP) is 3.28. The molecule has 7 nitrogen and oxygen atoms in total. The highest BCUT2D eigenvalue weighted by atomic mass is 16.2. The van der Waals surface area contributed by atoms with Crippen molar-refractivity contribution in [1.82, 2.24) is 20.6 Å². The molecule has 0 saturated heterocycles.